The van der Waals surface area contributed by atoms with E-state index in [0.717, 1.165) is 25.9 Å². The van der Waals surface area contributed by atoms with E-state index in [9.17, 15) is 4.79 Å². The van der Waals surface area contributed by atoms with Crippen LogP contribution in [0.3, 0.4) is 0 Å². The average molecular weight is 265 g/mol. The number of ether oxygens (including phenoxy) is 1. The number of imidazole rings is 1. The highest BCUT2D eigenvalue weighted by atomic mass is 16.5. The van der Waals surface area contributed by atoms with E-state index in [0.29, 0.717) is 11.6 Å². The lowest BCUT2D eigenvalue weighted by Crippen LogP contribution is -2.47. The van der Waals surface area contributed by atoms with Crippen LogP contribution in [0.2, 0.25) is 0 Å². The topological polar surface area (TPSA) is 56.1 Å². The molecule has 0 saturated carbocycles. The quantitative estimate of drug-likeness (QED) is 0.902. The Bertz CT molecular complexity index is 428. The Balaban J connectivity index is 1.97. The monoisotopic (exact) mass is 265 g/mol. The number of aromatic nitrogens is 2. The molecule has 0 unspecified atom stereocenters. The molecule has 1 aromatic heterocycles. The summed E-state index contributed by atoms with van der Waals surface area (Å²) in [5.74, 6) is 0.460. The number of nitrogens with zero attached hydrogens (tertiary/aromatic N) is 2. The van der Waals surface area contributed by atoms with E-state index >= 15 is 0 Å². The maximum atomic E-state index is 12.1. The lowest BCUT2D eigenvalue weighted by Gasteiger charge is -2.33. The molecule has 1 aliphatic heterocycles. The third-order valence-electron chi connectivity index (χ3n) is 3.40. The fourth-order valence-corrected chi connectivity index (χ4v) is 2.47. The number of carbonyl (C=O) groups excluding carboxylic acids is 1. The molecule has 0 spiro atoms. The molecule has 1 N–H and O–H groups in total. The molecule has 1 aromatic rings. The van der Waals surface area contributed by atoms with Gasteiger partial charge < -0.3 is 14.6 Å². The van der Waals surface area contributed by atoms with Crippen molar-refractivity contribution in [2.45, 2.75) is 45.3 Å². The lowest BCUT2D eigenvalue weighted by molar-refractivity contribution is -0.0186. The van der Waals surface area contributed by atoms with Gasteiger partial charge in [-0.05, 0) is 25.2 Å². The van der Waals surface area contributed by atoms with Gasteiger partial charge in [-0.3, -0.25) is 4.79 Å². The van der Waals surface area contributed by atoms with Gasteiger partial charge in [-0.2, -0.15) is 0 Å². The molecule has 0 bridgehead atoms. The first-order valence-electron chi connectivity index (χ1n) is 6.96. The van der Waals surface area contributed by atoms with Crippen molar-refractivity contribution < 1.29 is 9.53 Å². The van der Waals surface area contributed by atoms with Gasteiger partial charge in [0.05, 0.1) is 18.5 Å². The Morgan fingerprint density at radius 3 is 3.05 bits per heavy atom. The van der Waals surface area contributed by atoms with Crippen molar-refractivity contribution >= 4 is 5.91 Å². The van der Waals surface area contributed by atoms with E-state index in [4.69, 9.17) is 4.74 Å². The SMILES string of the molecule is CC(C)C[C@H]1OCCC[C@H]1NC(=O)c1cn(C)cn1. The van der Waals surface area contributed by atoms with Gasteiger partial charge in [0.15, 0.2) is 0 Å². The van der Waals surface area contributed by atoms with Crippen LogP contribution in [0, 0.1) is 5.92 Å². The molecule has 2 atom stereocenters. The molecule has 1 fully saturated rings. The zero-order valence-corrected chi connectivity index (χ0v) is 11.9. The fraction of sp³-hybridized carbons (Fsp3) is 0.714. The molecule has 106 valence electrons. The van der Waals surface area contributed by atoms with Crippen LogP contribution in [-0.2, 0) is 11.8 Å². The minimum Gasteiger partial charge on any atom is -0.376 e. The second-order valence-electron chi connectivity index (χ2n) is 5.69. The summed E-state index contributed by atoms with van der Waals surface area (Å²) in [6.45, 7) is 5.15. The molecule has 5 heteroatoms. The van der Waals surface area contributed by atoms with E-state index < -0.39 is 0 Å². The summed E-state index contributed by atoms with van der Waals surface area (Å²) < 4.78 is 7.58. The number of rotatable bonds is 4. The minimum atomic E-state index is -0.107. The van der Waals surface area contributed by atoms with Gasteiger partial charge >= 0.3 is 0 Å². The predicted molar refractivity (Wildman–Crippen MR) is 72.9 cm³/mol. The predicted octanol–water partition coefficient (Wildman–Crippen LogP) is 1.74. The largest absolute Gasteiger partial charge is 0.376 e. The number of hydrogen-bond acceptors (Lipinski definition) is 3. The molecule has 2 rings (SSSR count). The van der Waals surface area contributed by atoms with Crippen LogP contribution in [0.25, 0.3) is 0 Å². The Kier molecular flexibility index (Phi) is 4.58. The minimum absolute atomic E-state index is 0.102. The third kappa shape index (κ3) is 3.80. The summed E-state index contributed by atoms with van der Waals surface area (Å²) in [5, 5.41) is 3.06. The van der Waals surface area contributed by atoms with Crippen molar-refractivity contribution in [3.8, 4) is 0 Å². The van der Waals surface area contributed by atoms with Crippen LogP contribution in [0.1, 0.15) is 43.6 Å². The van der Waals surface area contributed by atoms with E-state index in [-0.39, 0.29) is 18.1 Å². The summed E-state index contributed by atoms with van der Waals surface area (Å²) in [6.07, 6.45) is 6.46. The zero-order valence-electron chi connectivity index (χ0n) is 11.9. The zero-order chi connectivity index (χ0) is 13.8. The molecule has 2 heterocycles. The van der Waals surface area contributed by atoms with E-state index in [2.05, 4.69) is 24.1 Å². The van der Waals surface area contributed by atoms with Crippen LogP contribution in [0.15, 0.2) is 12.5 Å². The number of carbonyl (C=O) groups is 1. The Morgan fingerprint density at radius 2 is 2.42 bits per heavy atom. The highest BCUT2D eigenvalue weighted by Gasteiger charge is 2.28. The maximum absolute atomic E-state index is 12.1. The molecule has 0 aromatic carbocycles. The Labute approximate surface area is 114 Å². The molecule has 1 amide bonds. The molecule has 19 heavy (non-hydrogen) atoms. The average Bonchev–Trinajstić information content (AvgIpc) is 2.78. The van der Waals surface area contributed by atoms with Crippen LogP contribution >= 0.6 is 0 Å². The van der Waals surface area contributed by atoms with Crippen LogP contribution < -0.4 is 5.32 Å². The second-order valence-corrected chi connectivity index (χ2v) is 5.69. The van der Waals surface area contributed by atoms with Gasteiger partial charge in [-0.15, -0.1) is 0 Å². The molecular weight excluding hydrogens is 242 g/mol. The molecule has 1 aliphatic rings. The third-order valence-corrected chi connectivity index (χ3v) is 3.40. The number of nitrogens with one attached hydrogen (secondary N) is 1. The van der Waals surface area contributed by atoms with Crippen molar-refractivity contribution in [2.24, 2.45) is 13.0 Å². The van der Waals surface area contributed by atoms with Crippen molar-refractivity contribution in [3.63, 3.8) is 0 Å². The van der Waals surface area contributed by atoms with Gasteiger partial charge in [0.25, 0.3) is 5.91 Å². The Morgan fingerprint density at radius 1 is 1.63 bits per heavy atom. The summed E-state index contributed by atoms with van der Waals surface area (Å²) in [4.78, 5) is 16.2. The van der Waals surface area contributed by atoms with Crippen LogP contribution in [0.4, 0.5) is 0 Å². The normalized spacial score (nSPS) is 23.6. The molecular formula is C14H23N3O2. The van der Waals surface area contributed by atoms with Gasteiger partial charge in [0, 0.05) is 19.9 Å². The number of amides is 1. The smallest absolute Gasteiger partial charge is 0.271 e. The number of aryl methyl sites for hydroxylation is 1. The molecule has 5 nitrogen and oxygen atoms in total. The summed E-state index contributed by atoms with van der Waals surface area (Å²) in [5.41, 5.74) is 0.469. The standard InChI is InChI=1S/C14H23N3O2/c1-10(2)7-13-11(5-4-6-19-13)16-14(18)12-8-17(3)9-15-12/h8-11,13H,4-7H2,1-3H3,(H,16,18)/t11-,13-/m1/s1. The summed E-state index contributed by atoms with van der Waals surface area (Å²) in [6, 6.07) is 0.102. The number of hydrogen-bond donors (Lipinski definition) is 1. The van der Waals surface area contributed by atoms with Crippen LogP contribution in [0.5, 0.6) is 0 Å². The van der Waals surface area contributed by atoms with Crippen LogP contribution in [-0.4, -0.2) is 34.2 Å². The van der Waals surface area contributed by atoms with Crippen molar-refractivity contribution in [2.75, 3.05) is 6.61 Å². The lowest BCUT2D eigenvalue weighted by atomic mass is 9.94. The molecule has 0 aliphatic carbocycles. The van der Waals surface area contributed by atoms with E-state index in [1.807, 2.05) is 7.05 Å². The molecule has 1 saturated heterocycles. The first-order valence-corrected chi connectivity index (χ1v) is 6.96. The highest BCUT2D eigenvalue weighted by molar-refractivity contribution is 5.92. The van der Waals surface area contributed by atoms with Crippen molar-refractivity contribution in [3.05, 3.63) is 18.2 Å². The summed E-state index contributed by atoms with van der Waals surface area (Å²) in [7, 11) is 1.86. The van der Waals surface area contributed by atoms with E-state index in [1.165, 1.54) is 0 Å². The fourth-order valence-electron chi connectivity index (χ4n) is 2.47. The van der Waals surface area contributed by atoms with Gasteiger partial charge in [0.2, 0.25) is 0 Å². The Hall–Kier alpha value is -1.36. The maximum Gasteiger partial charge on any atom is 0.271 e. The first kappa shape index (κ1) is 14.1. The van der Waals surface area contributed by atoms with Gasteiger partial charge in [0.1, 0.15) is 5.69 Å². The molecule has 0 radical (unpaired) electrons. The van der Waals surface area contributed by atoms with Crippen molar-refractivity contribution in [1.82, 2.24) is 14.9 Å². The highest BCUT2D eigenvalue weighted by Crippen LogP contribution is 2.20. The van der Waals surface area contributed by atoms with Crippen molar-refractivity contribution in [1.29, 1.82) is 0 Å². The summed E-state index contributed by atoms with van der Waals surface area (Å²) >= 11 is 0. The van der Waals surface area contributed by atoms with E-state index in [1.54, 1.807) is 17.1 Å². The van der Waals surface area contributed by atoms with Gasteiger partial charge in [-0.1, -0.05) is 13.8 Å². The second kappa shape index (κ2) is 6.19. The first-order chi connectivity index (χ1) is 9.06. The van der Waals surface area contributed by atoms with Gasteiger partial charge in [-0.25, -0.2) is 4.98 Å².